The van der Waals surface area contributed by atoms with E-state index >= 15 is 0 Å². The number of pyridine rings is 1. The number of aliphatic hydroxyl groups is 1. The van der Waals surface area contributed by atoms with Crippen LogP contribution in [-0.4, -0.2) is 9.67 Å². The predicted molar refractivity (Wildman–Crippen MR) is 119 cm³/mol. The lowest BCUT2D eigenvalue weighted by atomic mass is 10.1. The third-order valence-corrected chi connectivity index (χ3v) is 5.48. The molecule has 0 atom stereocenters. The highest BCUT2D eigenvalue weighted by Gasteiger charge is 2.27. The Morgan fingerprint density at radius 2 is 1.65 bits per heavy atom. The molecular weight excluding hydrogens is 452 g/mol. The molecular formula is C26H29BrN2O2. The van der Waals surface area contributed by atoms with Crippen molar-refractivity contribution in [2.45, 2.75) is 47.0 Å². The average molecular weight is 481 g/mol. The Hall–Kier alpha value is -2.63. The molecule has 4 aromatic rings. The van der Waals surface area contributed by atoms with Crippen molar-refractivity contribution >= 4 is 5.65 Å². The predicted octanol–water partition coefficient (Wildman–Crippen LogP) is 1.53. The van der Waals surface area contributed by atoms with E-state index < -0.39 is 0 Å². The number of aromatic nitrogens is 2. The number of nitrogens with zero attached hydrogens (tertiary/aromatic N) is 2. The molecule has 0 bridgehead atoms. The number of fused-ring (bicyclic) bond motifs is 1. The topological polar surface area (TPSA) is 38.5 Å². The molecule has 0 spiro atoms. The standard InChI is InChI=1S/C26H29N2O2.BrH/c1-4-23-24(17-29)27-12-8-11-25(30-18-21-9-6-5-7-10-21)26(27)28(23)16-22-14-19(2)13-20(3)15-22;/h5-15,29H,4,16-18H2,1-3H3;1H/q+1;/p-1. The number of imidazole rings is 1. The van der Waals surface area contributed by atoms with Gasteiger partial charge in [-0.1, -0.05) is 66.6 Å². The Morgan fingerprint density at radius 3 is 2.29 bits per heavy atom. The van der Waals surface area contributed by atoms with E-state index in [0.29, 0.717) is 6.61 Å². The van der Waals surface area contributed by atoms with Crippen LogP contribution in [0.4, 0.5) is 0 Å². The molecule has 0 saturated carbocycles. The largest absolute Gasteiger partial charge is 1.00 e. The van der Waals surface area contributed by atoms with Gasteiger partial charge in [-0.2, -0.15) is 4.40 Å². The summed E-state index contributed by atoms with van der Waals surface area (Å²) in [6.07, 6.45) is 2.84. The molecule has 0 saturated heterocycles. The van der Waals surface area contributed by atoms with Crippen LogP contribution < -0.4 is 26.1 Å². The van der Waals surface area contributed by atoms with Gasteiger partial charge in [-0.15, -0.1) is 0 Å². The zero-order chi connectivity index (χ0) is 21.1. The van der Waals surface area contributed by atoms with Crippen molar-refractivity contribution in [1.82, 2.24) is 4.57 Å². The van der Waals surface area contributed by atoms with Gasteiger partial charge in [-0.3, -0.25) is 0 Å². The van der Waals surface area contributed by atoms with Gasteiger partial charge in [0.1, 0.15) is 25.5 Å². The van der Waals surface area contributed by atoms with Gasteiger partial charge in [0.2, 0.25) is 5.75 Å². The first-order chi connectivity index (χ1) is 14.6. The van der Waals surface area contributed by atoms with E-state index in [0.717, 1.165) is 41.3 Å². The van der Waals surface area contributed by atoms with E-state index in [4.69, 9.17) is 4.74 Å². The van der Waals surface area contributed by atoms with Gasteiger partial charge >= 0.3 is 5.65 Å². The van der Waals surface area contributed by atoms with Gasteiger partial charge in [-0.25, -0.2) is 4.57 Å². The molecule has 31 heavy (non-hydrogen) atoms. The molecule has 1 N–H and O–H groups in total. The quantitative estimate of drug-likeness (QED) is 0.407. The number of rotatable bonds is 7. The number of aliphatic hydroxyl groups excluding tert-OH is 1. The van der Waals surface area contributed by atoms with E-state index in [2.05, 4.69) is 60.1 Å². The Kier molecular flexibility index (Phi) is 7.52. The number of ether oxygens (including phenoxy) is 1. The summed E-state index contributed by atoms with van der Waals surface area (Å²) in [5, 5.41) is 10.1. The summed E-state index contributed by atoms with van der Waals surface area (Å²) >= 11 is 0. The zero-order valence-corrected chi connectivity index (χ0v) is 19.9. The molecule has 0 radical (unpaired) electrons. The van der Waals surface area contributed by atoms with Gasteiger partial charge in [0.25, 0.3) is 0 Å². The van der Waals surface area contributed by atoms with E-state index in [1.165, 1.54) is 16.7 Å². The van der Waals surface area contributed by atoms with E-state index in [9.17, 15) is 5.11 Å². The monoisotopic (exact) mass is 480 g/mol. The van der Waals surface area contributed by atoms with Gasteiger partial charge in [-0.05, 0) is 37.1 Å². The fourth-order valence-electron chi connectivity index (χ4n) is 4.31. The van der Waals surface area contributed by atoms with Crippen molar-refractivity contribution in [1.29, 1.82) is 0 Å². The molecule has 2 aromatic heterocycles. The van der Waals surface area contributed by atoms with Gasteiger partial charge in [0.05, 0.1) is 6.20 Å². The second-order valence-corrected chi connectivity index (χ2v) is 7.83. The van der Waals surface area contributed by atoms with Crippen molar-refractivity contribution < 1.29 is 31.2 Å². The van der Waals surface area contributed by atoms with Crippen molar-refractivity contribution in [3.05, 3.63) is 101 Å². The molecule has 2 aromatic carbocycles. The van der Waals surface area contributed by atoms with Gasteiger partial charge in [0.15, 0.2) is 5.69 Å². The second kappa shape index (κ2) is 10.1. The van der Waals surface area contributed by atoms with Crippen LogP contribution in [-0.2, 0) is 26.2 Å². The van der Waals surface area contributed by atoms with Crippen LogP contribution >= 0.6 is 0 Å². The van der Waals surface area contributed by atoms with Crippen molar-refractivity contribution in [3.8, 4) is 5.75 Å². The van der Waals surface area contributed by atoms with Crippen molar-refractivity contribution in [3.63, 3.8) is 0 Å². The van der Waals surface area contributed by atoms with Crippen LogP contribution in [0.25, 0.3) is 5.65 Å². The van der Waals surface area contributed by atoms with E-state index in [1.807, 2.05) is 36.5 Å². The molecule has 0 amide bonds. The third kappa shape index (κ3) is 4.83. The number of benzene rings is 2. The molecule has 0 fully saturated rings. The lowest BCUT2D eigenvalue weighted by Crippen LogP contribution is -3.00. The molecule has 0 aliphatic rings. The molecule has 0 aliphatic carbocycles. The number of aryl methyl sites for hydroxylation is 2. The maximum atomic E-state index is 10.1. The maximum Gasteiger partial charge on any atom is 0.330 e. The number of hydrogen-bond acceptors (Lipinski definition) is 2. The van der Waals surface area contributed by atoms with Crippen LogP contribution in [0, 0.1) is 13.8 Å². The first kappa shape index (κ1) is 23.0. The smallest absolute Gasteiger partial charge is 0.330 e. The summed E-state index contributed by atoms with van der Waals surface area (Å²) in [6, 6.07) is 20.8. The van der Waals surface area contributed by atoms with Crippen LogP contribution in [0.2, 0.25) is 0 Å². The summed E-state index contributed by atoms with van der Waals surface area (Å²) in [7, 11) is 0. The normalized spacial score (nSPS) is 10.8. The number of halogens is 1. The lowest BCUT2D eigenvalue weighted by molar-refractivity contribution is -0.524. The maximum absolute atomic E-state index is 10.1. The molecule has 4 rings (SSSR count). The Bertz CT molecular complexity index is 1150. The lowest BCUT2D eigenvalue weighted by Gasteiger charge is -2.09. The van der Waals surface area contributed by atoms with Crippen LogP contribution in [0.3, 0.4) is 0 Å². The first-order valence-electron chi connectivity index (χ1n) is 10.5. The van der Waals surface area contributed by atoms with E-state index in [-0.39, 0.29) is 23.6 Å². The average Bonchev–Trinajstić information content (AvgIpc) is 3.05. The Balaban J connectivity index is 0.00000272. The summed E-state index contributed by atoms with van der Waals surface area (Å²) < 4.78 is 10.6. The first-order valence-corrected chi connectivity index (χ1v) is 10.5. The van der Waals surface area contributed by atoms with Crippen molar-refractivity contribution in [2.75, 3.05) is 0 Å². The zero-order valence-electron chi connectivity index (χ0n) is 18.3. The molecule has 4 nitrogen and oxygen atoms in total. The fraction of sp³-hybridized carbons (Fsp3) is 0.269. The fourth-order valence-corrected chi connectivity index (χ4v) is 4.31. The SMILES string of the molecule is CCc1c(CO)[n+]2cccc(OCc3ccccc3)c2n1Cc1cc(C)cc(C)c1.[Br-]. The molecule has 2 heterocycles. The Morgan fingerprint density at radius 1 is 0.935 bits per heavy atom. The minimum atomic E-state index is -0.00762. The Labute approximate surface area is 194 Å². The molecule has 0 unspecified atom stereocenters. The van der Waals surface area contributed by atoms with Crippen molar-refractivity contribution in [2.24, 2.45) is 0 Å². The molecule has 162 valence electrons. The minimum absolute atomic E-state index is 0. The van der Waals surface area contributed by atoms with Crippen LogP contribution in [0.1, 0.15) is 40.6 Å². The summed E-state index contributed by atoms with van der Waals surface area (Å²) in [5.41, 5.74) is 7.93. The highest BCUT2D eigenvalue weighted by Crippen LogP contribution is 2.24. The highest BCUT2D eigenvalue weighted by molar-refractivity contribution is 5.51. The highest BCUT2D eigenvalue weighted by atomic mass is 79.9. The summed E-state index contributed by atoms with van der Waals surface area (Å²) in [6.45, 7) is 7.63. The molecule has 5 heteroatoms. The molecule has 0 aliphatic heterocycles. The summed E-state index contributed by atoms with van der Waals surface area (Å²) in [5.74, 6) is 0.820. The number of hydrogen-bond donors (Lipinski definition) is 1. The van der Waals surface area contributed by atoms with Gasteiger partial charge < -0.3 is 26.8 Å². The second-order valence-electron chi connectivity index (χ2n) is 7.83. The minimum Gasteiger partial charge on any atom is -1.00 e. The summed E-state index contributed by atoms with van der Waals surface area (Å²) in [4.78, 5) is 0. The van der Waals surface area contributed by atoms with Gasteiger partial charge in [0, 0.05) is 6.42 Å². The van der Waals surface area contributed by atoms with E-state index in [1.54, 1.807) is 0 Å². The van der Waals surface area contributed by atoms with Crippen LogP contribution in [0.5, 0.6) is 5.75 Å². The van der Waals surface area contributed by atoms with Crippen LogP contribution in [0.15, 0.2) is 66.9 Å². The third-order valence-electron chi connectivity index (χ3n) is 5.48.